The van der Waals surface area contributed by atoms with E-state index in [9.17, 15) is 13.2 Å². The molecule has 0 bridgehead atoms. The molecular formula is C26H22F4N2O. The fourth-order valence-electron chi connectivity index (χ4n) is 3.77. The number of hydrogen-bond donors (Lipinski definition) is 0. The first-order chi connectivity index (χ1) is 15.9. The zero-order valence-corrected chi connectivity index (χ0v) is 18.0. The van der Waals surface area contributed by atoms with Gasteiger partial charge in [-0.1, -0.05) is 30.3 Å². The maximum Gasteiger partial charge on any atom is 0.194 e. The van der Waals surface area contributed by atoms with Gasteiger partial charge in [0.05, 0.1) is 6.61 Å². The summed E-state index contributed by atoms with van der Waals surface area (Å²) in [5.74, 6) is -3.62. The number of nitrogens with zero attached hydrogens (tertiary/aromatic N) is 2. The van der Waals surface area contributed by atoms with Crippen LogP contribution in [0.4, 0.5) is 17.6 Å². The van der Waals surface area contributed by atoms with Crippen molar-refractivity contribution in [2.24, 2.45) is 0 Å². The molecule has 0 saturated heterocycles. The van der Waals surface area contributed by atoms with Crippen LogP contribution >= 0.6 is 0 Å². The molecule has 0 atom stereocenters. The maximum atomic E-state index is 15.0. The standard InChI is InChI=1S/C26H22F4N2O/c1-33-15-18-13-31-24(32-14-18)9-4-16-3-8-21-20(10-16)7-6-19(25(21)29)5-2-17-11-22(27)26(30)23(28)12-17/h3,6-8,10-14H,2,4-5,9,15H2,1H3. The van der Waals surface area contributed by atoms with E-state index in [-0.39, 0.29) is 24.2 Å². The van der Waals surface area contributed by atoms with Gasteiger partial charge in [0.25, 0.3) is 0 Å². The van der Waals surface area contributed by atoms with Gasteiger partial charge in [-0.3, -0.25) is 0 Å². The molecule has 0 unspecified atom stereocenters. The molecule has 1 heterocycles. The van der Waals surface area contributed by atoms with Crippen LogP contribution in [0.25, 0.3) is 10.8 Å². The average molecular weight is 454 g/mol. The summed E-state index contributed by atoms with van der Waals surface area (Å²) in [4.78, 5) is 8.69. The lowest BCUT2D eigenvalue weighted by Gasteiger charge is -2.09. The van der Waals surface area contributed by atoms with Crippen molar-refractivity contribution >= 4 is 10.8 Å². The number of rotatable bonds is 8. The SMILES string of the molecule is COCc1cnc(CCc2ccc3c(F)c(CCc4cc(F)c(F)c(F)c4)ccc3c2)nc1. The molecule has 0 radical (unpaired) electrons. The van der Waals surface area contributed by atoms with Crippen molar-refractivity contribution in [1.29, 1.82) is 0 Å². The summed E-state index contributed by atoms with van der Waals surface area (Å²) in [6.45, 7) is 0.468. The smallest absolute Gasteiger partial charge is 0.194 e. The van der Waals surface area contributed by atoms with Gasteiger partial charge in [0.2, 0.25) is 0 Å². The zero-order valence-electron chi connectivity index (χ0n) is 18.0. The maximum absolute atomic E-state index is 15.0. The molecule has 1 aromatic heterocycles. The fourth-order valence-corrected chi connectivity index (χ4v) is 3.77. The van der Waals surface area contributed by atoms with Gasteiger partial charge in [0.15, 0.2) is 17.5 Å². The third-order valence-corrected chi connectivity index (χ3v) is 5.53. The number of benzene rings is 3. The van der Waals surface area contributed by atoms with Crippen molar-refractivity contribution in [3.8, 4) is 0 Å². The van der Waals surface area contributed by atoms with Crippen LogP contribution in [0, 0.1) is 23.3 Å². The predicted octanol–water partition coefficient (Wildman–Crippen LogP) is 5.90. The Bertz CT molecular complexity index is 1250. The van der Waals surface area contributed by atoms with Crippen molar-refractivity contribution in [2.75, 3.05) is 7.11 Å². The Labute approximate surface area is 189 Å². The van der Waals surface area contributed by atoms with Crippen LogP contribution in [0.5, 0.6) is 0 Å². The number of aryl methyl sites for hydroxylation is 4. The molecule has 3 aromatic carbocycles. The number of ether oxygens (including phenoxy) is 1. The third-order valence-electron chi connectivity index (χ3n) is 5.53. The van der Waals surface area contributed by atoms with E-state index in [1.165, 1.54) is 0 Å². The van der Waals surface area contributed by atoms with E-state index in [0.717, 1.165) is 34.5 Å². The number of methoxy groups -OCH3 is 1. The second-order valence-corrected chi connectivity index (χ2v) is 7.91. The van der Waals surface area contributed by atoms with Crippen LogP contribution in [0.1, 0.15) is 28.1 Å². The molecule has 0 spiro atoms. The van der Waals surface area contributed by atoms with Gasteiger partial charge in [0, 0.05) is 36.9 Å². The highest BCUT2D eigenvalue weighted by atomic mass is 19.2. The van der Waals surface area contributed by atoms with Crippen molar-refractivity contribution in [1.82, 2.24) is 9.97 Å². The van der Waals surface area contributed by atoms with Gasteiger partial charge in [-0.15, -0.1) is 0 Å². The monoisotopic (exact) mass is 454 g/mol. The lowest BCUT2D eigenvalue weighted by molar-refractivity contribution is 0.184. The zero-order chi connectivity index (χ0) is 23.4. The van der Waals surface area contributed by atoms with E-state index in [2.05, 4.69) is 9.97 Å². The molecule has 7 heteroatoms. The van der Waals surface area contributed by atoms with Crippen LogP contribution in [0.3, 0.4) is 0 Å². The first-order valence-corrected chi connectivity index (χ1v) is 10.6. The average Bonchev–Trinajstić information content (AvgIpc) is 2.82. The first kappa shape index (κ1) is 22.9. The molecule has 3 nitrogen and oxygen atoms in total. The second kappa shape index (κ2) is 10.1. The number of hydrogen-bond acceptors (Lipinski definition) is 3. The van der Waals surface area contributed by atoms with E-state index in [4.69, 9.17) is 4.74 Å². The Morgan fingerprint density at radius 1 is 0.697 bits per heavy atom. The van der Waals surface area contributed by atoms with Gasteiger partial charge in [-0.05, 0) is 53.5 Å². The summed E-state index contributed by atoms with van der Waals surface area (Å²) in [6.07, 6.45) is 5.30. The normalized spacial score (nSPS) is 11.3. The Kier molecular flexibility index (Phi) is 6.99. The lowest BCUT2D eigenvalue weighted by atomic mass is 9.98. The Balaban J connectivity index is 1.44. The van der Waals surface area contributed by atoms with Crippen LogP contribution in [0.15, 0.2) is 54.9 Å². The minimum atomic E-state index is -1.50. The van der Waals surface area contributed by atoms with Crippen LogP contribution in [-0.4, -0.2) is 17.1 Å². The van der Waals surface area contributed by atoms with E-state index < -0.39 is 17.5 Å². The largest absolute Gasteiger partial charge is 0.380 e. The quantitative estimate of drug-likeness (QED) is 0.246. The molecule has 0 fully saturated rings. The van der Waals surface area contributed by atoms with Gasteiger partial charge in [-0.2, -0.15) is 0 Å². The van der Waals surface area contributed by atoms with E-state index >= 15 is 4.39 Å². The van der Waals surface area contributed by atoms with Crippen molar-refractivity contribution in [3.05, 3.63) is 106 Å². The van der Waals surface area contributed by atoms with Crippen molar-refractivity contribution in [2.45, 2.75) is 32.3 Å². The van der Waals surface area contributed by atoms with Gasteiger partial charge in [0.1, 0.15) is 11.6 Å². The molecule has 0 aliphatic heterocycles. The van der Waals surface area contributed by atoms with Crippen LogP contribution in [-0.2, 0) is 37.0 Å². The van der Waals surface area contributed by atoms with Gasteiger partial charge in [-0.25, -0.2) is 27.5 Å². The molecule has 0 N–H and O–H groups in total. The predicted molar refractivity (Wildman–Crippen MR) is 118 cm³/mol. The van der Waals surface area contributed by atoms with E-state index in [1.54, 1.807) is 31.6 Å². The fraction of sp³-hybridized carbons (Fsp3) is 0.231. The molecule has 0 aliphatic carbocycles. The number of aromatic nitrogens is 2. The Hall–Kier alpha value is -3.32. The third kappa shape index (κ3) is 5.37. The van der Waals surface area contributed by atoms with Gasteiger partial charge < -0.3 is 4.74 Å². The first-order valence-electron chi connectivity index (χ1n) is 10.6. The summed E-state index contributed by atoms with van der Waals surface area (Å²) in [5, 5.41) is 1.25. The molecule has 4 aromatic rings. The molecule has 0 saturated carbocycles. The topological polar surface area (TPSA) is 35.0 Å². The molecule has 0 aliphatic rings. The molecule has 0 amide bonds. The van der Waals surface area contributed by atoms with Gasteiger partial charge >= 0.3 is 0 Å². The summed E-state index contributed by atoms with van der Waals surface area (Å²) in [6, 6.07) is 10.9. The van der Waals surface area contributed by atoms with Crippen LogP contribution < -0.4 is 0 Å². The van der Waals surface area contributed by atoms with Crippen molar-refractivity contribution < 1.29 is 22.3 Å². The summed E-state index contributed by atoms with van der Waals surface area (Å²) in [7, 11) is 1.62. The number of fused-ring (bicyclic) bond motifs is 1. The highest BCUT2D eigenvalue weighted by molar-refractivity contribution is 5.84. The summed E-state index contributed by atoms with van der Waals surface area (Å²) < 4.78 is 60.0. The highest BCUT2D eigenvalue weighted by Gasteiger charge is 2.13. The Morgan fingerprint density at radius 3 is 2.09 bits per heavy atom. The molecular weight excluding hydrogens is 432 g/mol. The minimum Gasteiger partial charge on any atom is -0.380 e. The number of halogens is 4. The highest BCUT2D eigenvalue weighted by Crippen LogP contribution is 2.25. The summed E-state index contributed by atoms with van der Waals surface area (Å²) >= 11 is 0. The molecule has 33 heavy (non-hydrogen) atoms. The van der Waals surface area contributed by atoms with Crippen molar-refractivity contribution in [3.63, 3.8) is 0 Å². The van der Waals surface area contributed by atoms with E-state index in [0.29, 0.717) is 30.4 Å². The minimum absolute atomic E-state index is 0.192. The lowest BCUT2D eigenvalue weighted by Crippen LogP contribution is -2.01. The summed E-state index contributed by atoms with van der Waals surface area (Å²) in [5.41, 5.74) is 2.66. The Morgan fingerprint density at radius 2 is 1.39 bits per heavy atom. The van der Waals surface area contributed by atoms with E-state index in [1.807, 2.05) is 18.2 Å². The second-order valence-electron chi connectivity index (χ2n) is 7.91. The molecule has 170 valence electrons. The molecule has 4 rings (SSSR count). The van der Waals surface area contributed by atoms with Crippen LogP contribution in [0.2, 0.25) is 0 Å².